The van der Waals surface area contributed by atoms with Crippen molar-refractivity contribution in [2.45, 2.75) is 11.4 Å². The highest BCUT2D eigenvalue weighted by Crippen LogP contribution is 2.23. The van der Waals surface area contributed by atoms with Crippen molar-refractivity contribution >= 4 is 31.9 Å². The third kappa shape index (κ3) is 5.26. The molecule has 0 N–H and O–H groups in total. The average Bonchev–Trinajstić information content (AvgIpc) is 2.32. The van der Waals surface area contributed by atoms with E-state index in [1.165, 1.54) is 5.56 Å². The van der Waals surface area contributed by atoms with Gasteiger partial charge < -0.3 is 14.4 Å². The van der Waals surface area contributed by atoms with Gasteiger partial charge in [-0.1, -0.05) is 31.9 Å². The molecular formula is C13H19Br2NO2. The topological polar surface area (TPSA) is 21.7 Å². The molecule has 1 aromatic rings. The second kappa shape index (κ2) is 8.15. The van der Waals surface area contributed by atoms with Crippen LogP contribution in [0.2, 0.25) is 0 Å². The molecule has 5 heteroatoms. The van der Waals surface area contributed by atoms with Gasteiger partial charge in [0.2, 0.25) is 0 Å². The molecule has 0 radical (unpaired) electrons. The second-order valence-electron chi connectivity index (χ2n) is 4.21. The van der Waals surface area contributed by atoms with E-state index < -0.39 is 0 Å². The molecular weight excluding hydrogens is 362 g/mol. The lowest BCUT2D eigenvalue weighted by atomic mass is 10.2. The third-order valence-electron chi connectivity index (χ3n) is 2.55. The largest absolute Gasteiger partial charge is 0.497 e. The molecule has 3 nitrogen and oxygen atoms in total. The number of alkyl halides is 1. The van der Waals surface area contributed by atoms with Gasteiger partial charge >= 0.3 is 0 Å². The minimum atomic E-state index is 0.344. The van der Waals surface area contributed by atoms with E-state index in [-0.39, 0.29) is 0 Å². The Labute approximate surface area is 126 Å². The van der Waals surface area contributed by atoms with E-state index in [2.05, 4.69) is 49.9 Å². The van der Waals surface area contributed by atoms with Crippen LogP contribution in [0.3, 0.4) is 0 Å². The smallest absolute Gasteiger partial charge is 0.119 e. The minimum absolute atomic E-state index is 0.344. The molecule has 0 heterocycles. The Hall–Kier alpha value is -0.100. The summed E-state index contributed by atoms with van der Waals surface area (Å²) in [6.45, 7) is 2.50. The maximum Gasteiger partial charge on any atom is 0.119 e. The Morgan fingerprint density at radius 2 is 2.06 bits per heavy atom. The lowest BCUT2D eigenvalue weighted by molar-refractivity contribution is 0.185. The van der Waals surface area contributed by atoms with Gasteiger partial charge in [0.1, 0.15) is 5.75 Å². The Bertz CT molecular complexity index is 374. The molecule has 102 valence electrons. The van der Waals surface area contributed by atoms with Crippen LogP contribution in [0.1, 0.15) is 5.56 Å². The highest BCUT2D eigenvalue weighted by molar-refractivity contribution is 9.10. The van der Waals surface area contributed by atoms with Gasteiger partial charge in [0, 0.05) is 24.7 Å². The van der Waals surface area contributed by atoms with Crippen LogP contribution in [0, 0.1) is 0 Å². The molecule has 0 aliphatic carbocycles. The van der Waals surface area contributed by atoms with Crippen molar-refractivity contribution in [1.82, 2.24) is 4.90 Å². The van der Waals surface area contributed by atoms with Crippen LogP contribution in [0.15, 0.2) is 22.7 Å². The molecule has 18 heavy (non-hydrogen) atoms. The summed E-state index contributed by atoms with van der Waals surface area (Å²) in [4.78, 5) is 2.59. The van der Waals surface area contributed by atoms with Crippen molar-refractivity contribution in [3.8, 4) is 5.75 Å². The third-order valence-corrected chi connectivity index (χ3v) is 3.88. The van der Waals surface area contributed by atoms with E-state index in [9.17, 15) is 0 Å². The van der Waals surface area contributed by atoms with Crippen LogP contribution < -0.4 is 4.74 Å². The highest BCUT2D eigenvalue weighted by atomic mass is 79.9. The Morgan fingerprint density at radius 1 is 1.33 bits per heavy atom. The van der Waals surface area contributed by atoms with Crippen molar-refractivity contribution in [3.63, 3.8) is 0 Å². The van der Waals surface area contributed by atoms with Crippen molar-refractivity contribution in [2.24, 2.45) is 0 Å². The first-order valence-corrected chi connectivity index (χ1v) is 7.41. The average molecular weight is 381 g/mol. The molecule has 0 aromatic heterocycles. The molecule has 0 bridgehead atoms. The Morgan fingerprint density at radius 3 is 2.67 bits per heavy atom. The standard InChI is InChI=1S/C13H19Br2NO2/c1-16(8-11(14)9-17-2)7-10-6-12(18-3)4-5-13(10)15/h4-6,11H,7-9H2,1-3H3. The minimum Gasteiger partial charge on any atom is -0.497 e. The summed E-state index contributed by atoms with van der Waals surface area (Å²) in [5, 5.41) is 0. The lowest BCUT2D eigenvalue weighted by Crippen LogP contribution is -2.28. The predicted octanol–water partition coefficient (Wildman–Crippen LogP) is 3.30. The maximum absolute atomic E-state index is 5.24. The zero-order valence-electron chi connectivity index (χ0n) is 11.0. The first-order valence-electron chi connectivity index (χ1n) is 5.70. The van der Waals surface area contributed by atoms with Crippen molar-refractivity contribution in [1.29, 1.82) is 0 Å². The van der Waals surface area contributed by atoms with Crippen LogP contribution in [0.4, 0.5) is 0 Å². The van der Waals surface area contributed by atoms with E-state index >= 15 is 0 Å². The zero-order chi connectivity index (χ0) is 13.5. The highest BCUT2D eigenvalue weighted by Gasteiger charge is 2.10. The normalized spacial score (nSPS) is 12.8. The molecule has 1 rings (SSSR count). The van der Waals surface area contributed by atoms with Crippen LogP contribution in [-0.2, 0) is 11.3 Å². The van der Waals surface area contributed by atoms with Gasteiger partial charge in [0.05, 0.1) is 18.5 Å². The summed E-state index contributed by atoms with van der Waals surface area (Å²) >= 11 is 7.16. The van der Waals surface area contributed by atoms with E-state index in [0.717, 1.165) is 23.3 Å². The summed E-state index contributed by atoms with van der Waals surface area (Å²) in [7, 11) is 5.49. The molecule has 0 saturated heterocycles. The number of ether oxygens (including phenoxy) is 2. The lowest BCUT2D eigenvalue weighted by Gasteiger charge is -2.20. The summed E-state index contributed by atoms with van der Waals surface area (Å²) in [6.07, 6.45) is 0. The van der Waals surface area contributed by atoms with Gasteiger partial charge in [-0.05, 0) is 30.8 Å². The van der Waals surface area contributed by atoms with E-state index in [4.69, 9.17) is 9.47 Å². The molecule has 0 amide bonds. The molecule has 0 aliphatic heterocycles. The van der Waals surface area contributed by atoms with E-state index in [1.807, 2.05) is 12.1 Å². The van der Waals surface area contributed by atoms with Crippen LogP contribution in [-0.4, -0.2) is 44.1 Å². The molecule has 1 aromatic carbocycles. The number of rotatable bonds is 7. The zero-order valence-corrected chi connectivity index (χ0v) is 14.1. The number of benzene rings is 1. The van der Waals surface area contributed by atoms with Gasteiger partial charge in [-0.2, -0.15) is 0 Å². The Kier molecular flexibility index (Phi) is 7.22. The fourth-order valence-corrected chi connectivity index (χ4v) is 2.86. The van der Waals surface area contributed by atoms with E-state index in [1.54, 1.807) is 14.2 Å². The number of methoxy groups -OCH3 is 2. The monoisotopic (exact) mass is 379 g/mol. The van der Waals surface area contributed by atoms with Gasteiger partial charge in [-0.25, -0.2) is 0 Å². The molecule has 1 atom stereocenters. The Balaban J connectivity index is 2.60. The fourth-order valence-electron chi connectivity index (χ4n) is 1.73. The van der Waals surface area contributed by atoms with Gasteiger partial charge in [0.25, 0.3) is 0 Å². The molecule has 0 spiro atoms. The van der Waals surface area contributed by atoms with Crippen molar-refractivity contribution in [2.75, 3.05) is 34.4 Å². The SMILES string of the molecule is COCC(Br)CN(C)Cc1cc(OC)ccc1Br. The van der Waals surface area contributed by atoms with Gasteiger partial charge in [0.15, 0.2) is 0 Å². The first kappa shape index (κ1) is 16.0. The first-order chi connectivity index (χ1) is 8.56. The summed E-state index contributed by atoms with van der Waals surface area (Å²) in [5.74, 6) is 0.883. The van der Waals surface area contributed by atoms with Crippen LogP contribution in [0.25, 0.3) is 0 Å². The molecule has 0 saturated carbocycles. The summed E-state index contributed by atoms with van der Waals surface area (Å²) < 4.78 is 11.5. The quantitative estimate of drug-likeness (QED) is 0.677. The van der Waals surface area contributed by atoms with Crippen LogP contribution in [0.5, 0.6) is 5.75 Å². The number of nitrogens with zero attached hydrogens (tertiary/aromatic N) is 1. The molecule has 1 unspecified atom stereocenters. The van der Waals surface area contributed by atoms with Gasteiger partial charge in [-0.3, -0.25) is 0 Å². The van der Waals surface area contributed by atoms with Gasteiger partial charge in [-0.15, -0.1) is 0 Å². The number of hydrogen-bond donors (Lipinski definition) is 0. The summed E-state index contributed by atoms with van der Waals surface area (Å²) in [5.41, 5.74) is 1.22. The van der Waals surface area contributed by atoms with Crippen molar-refractivity contribution < 1.29 is 9.47 Å². The molecule has 0 aliphatic rings. The number of halogens is 2. The number of hydrogen-bond acceptors (Lipinski definition) is 3. The predicted molar refractivity (Wildman–Crippen MR) is 81.6 cm³/mol. The molecule has 0 fully saturated rings. The summed E-state index contributed by atoms with van der Waals surface area (Å²) in [6, 6.07) is 6.02. The van der Waals surface area contributed by atoms with Crippen LogP contribution >= 0.6 is 31.9 Å². The second-order valence-corrected chi connectivity index (χ2v) is 6.36. The van der Waals surface area contributed by atoms with E-state index in [0.29, 0.717) is 11.4 Å². The maximum atomic E-state index is 5.24. The fraction of sp³-hybridized carbons (Fsp3) is 0.538. The van der Waals surface area contributed by atoms with Crippen molar-refractivity contribution in [3.05, 3.63) is 28.2 Å².